The van der Waals surface area contributed by atoms with Crippen molar-refractivity contribution in [3.63, 3.8) is 0 Å². The SMILES string of the molecule is CCCC(CCC)(C1CCCC1)C(Br)OC(=O)CCCCCC1CCCC1. The van der Waals surface area contributed by atoms with Crippen molar-refractivity contribution in [2.45, 2.75) is 128 Å². The minimum Gasteiger partial charge on any atom is -0.450 e. The molecule has 0 spiro atoms. The van der Waals surface area contributed by atoms with Crippen molar-refractivity contribution < 1.29 is 9.53 Å². The molecule has 0 saturated heterocycles. The minimum absolute atomic E-state index is 0.00678. The lowest BCUT2D eigenvalue weighted by Crippen LogP contribution is -2.40. The lowest BCUT2D eigenvalue weighted by atomic mass is 9.69. The van der Waals surface area contributed by atoms with Crippen LogP contribution in [0, 0.1) is 17.3 Å². The second kappa shape index (κ2) is 12.5. The first kappa shape index (κ1) is 23.2. The molecule has 2 nitrogen and oxygen atoms in total. The van der Waals surface area contributed by atoms with Crippen molar-refractivity contribution in [1.82, 2.24) is 0 Å². The molecule has 0 N–H and O–H groups in total. The van der Waals surface area contributed by atoms with E-state index in [1.54, 1.807) is 0 Å². The number of esters is 1. The molecule has 2 rings (SSSR count). The van der Waals surface area contributed by atoms with E-state index in [9.17, 15) is 4.79 Å². The lowest BCUT2D eigenvalue weighted by molar-refractivity contribution is -0.152. The molecule has 0 radical (unpaired) electrons. The molecule has 0 aliphatic heterocycles. The molecule has 3 heteroatoms. The third-order valence-corrected chi connectivity index (χ3v) is 8.35. The molecule has 1 atom stereocenters. The molecule has 2 fully saturated rings. The second-order valence-corrected chi connectivity index (χ2v) is 10.1. The highest BCUT2D eigenvalue weighted by atomic mass is 79.9. The summed E-state index contributed by atoms with van der Waals surface area (Å²) in [6.45, 7) is 4.54. The average molecular weight is 444 g/mol. The summed E-state index contributed by atoms with van der Waals surface area (Å²) in [7, 11) is 0. The highest BCUT2D eigenvalue weighted by Gasteiger charge is 2.45. The molecule has 0 heterocycles. The van der Waals surface area contributed by atoms with E-state index in [0.29, 0.717) is 12.3 Å². The van der Waals surface area contributed by atoms with Crippen LogP contribution in [-0.4, -0.2) is 11.0 Å². The summed E-state index contributed by atoms with van der Waals surface area (Å²) < 4.78 is 5.99. The number of hydrogen-bond donors (Lipinski definition) is 0. The summed E-state index contributed by atoms with van der Waals surface area (Å²) in [5, 5.41) is -0.112. The Balaban J connectivity index is 1.76. The minimum atomic E-state index is -0.112. The number of carbonyl (C=O) groups excluding carboxylic acids is 1. The Hall–Kier alpha value is -0.0500. The molecular weight excluding hydrogens is 400 g/mol. The van der Waals surface area contributed by atoms with Gasteiger partial charge in [-0.1, -0.05) is 84.5 Å². The molecule has 0 aromatic rings. The largest absolute Gasteiger partial charge is 0.450 e. The number of hydrogen-bond acceptors (Lipinski definition) is 2. The van der Waals surface area contributed by atoms with Gasteiger partial charge in [0.1, 0.15) is 0 Å². The predicted octanol–water partition coefficient (Wildman–Crippen LogP) is 8.17. The standard InChI is InChI=1S/C24H43BrO2/c1-3-18-24(19-4-2,21-15-10-11-16-21)23(25)27-22(26)17-7-5-6-12-20-13-8-9-14-20/h20-21,23H,3-19H2,1-2H3. The maximum atomic E-state index is 12.5. The van der Waals surface area contributed by atoms with E-state index in [4.69, 9.17) is 4.74 Å². The van der Waals surface area contributed by atoms with Gasteiger partial charge in [-0.15, -0.1) is 0 Å². The molecule has 0 aromatic heterocycles. The summed E-state index contributed by atoms with van der Waals surface area (Å²) in [5.74, 6) is 1.69. The Labute approximate surface area is 176 Å². The molecule has 27 heavy (non-hydrogen) atoms. The zero-order valence-corrected chi connectivity index (χ0v) is 19.5. The van der Waals surface area contributed by atoms with Gasteiger partial charge in [0.25, 0.3) is 0 Å². The first-order valence-corrected chi connectivity index (χ1v) is 12.9. The van der Waals surface area contributed by atoms with Gasteiger partial charge in [-0.05, 0) is 59.9 Å². The van der Waals surface area contributed by atoms with Gasteiger partial charge in [-0.3, -0.25) is 4.79 Å². The van der Waals surface area contributed by atoms with Gasteiger partial charge in [-0.2, -0.15) is 0 Å². The van der Waals surface area contributed by atoms with Gasteiger partial charge >= 0.3 is 5.97 Å². The van der Waals surface area contributed by atoms with Gasteiger partial charge in [0.15, 0.2) is 5.01 Å². The Morgan fingerprint density at radius 2 is 1.56 bits per heavy atom. The van der Waals surface area contributed by atoms with E-state index in [2.05, 4.69) is 29.8 Å². The zero-order valence-electron chi connectivity index (χ0n) is 17.9. The van der Waals surface area contributed by atoms with E-state index < -0.39 is 0 Å². The Kier molecular flexibility index (Phi) is 10.8. The van der Waals surface area contributed by atoms with Crippen LogP contribution >= 0.6 is 15.9 Å². The maximum Gasteiger partial charge on any atom is 0.306 e. The summed E-state index contributed by atoms with van der Waals surface area (Å²) >= 11 is 3.84. The Morgan fingerprint density at radius 1 is 0.963 bits per heavy atom. The molecule has 1 unspecified atom stereocenters. The number of carbonyl (C=O) groups is 1. The first-order valence-electron chi connectivity index (χ1n) is 12.0. The molecule has 2 aliphatic carbocycles. The molecule has 2 aliphatic rings. The van der Waals surface area contributed by atoms with Crippen molar-refractivity contribution >= 4 is 21.9 Å². The molecule has 0 bridgehead atoms. The van der Waals surface area contributed by atoms with E-state index in [0.717, 1.165) is 38.0 Å². The van der Waals surface area contributed by atoms with Crippen LogP contribution < -0.4 is 0 Å². The van der Waals surface area contributed by atoms with Crippen LogP contribution in [0.1, 0.15) is 123 Å². The Morgan fingerprint density at radius 3 is 2.15 bits per heavy atom. The summed E-state index contributed by atoms with van der Waals surface area (Å²) in [4.78, 5) is 12.5. The molecular formula is C24H43BrO2. The van der Waals surface area contributed by atoms with Crippen LogP contribution in [0.25, 0.3) is 0 Å². The van der Waals surface area contributed by atoms with Gasteiger partial charge in [0, 0.05) is 11.8 Å². The highest BCUT2D eigenvalue weighted by molar-refractivity contribution is 9.09. The summed E-state index contributed by atoms with van der Waals surface area (Å²) in [6.07, 6.45) is 21.1. The summed E-state index contributed by atoms with van der Waals surface area (Å²) in [5.41, 5.74) is 0.137. The van der Waals surface area contributed by atoms with Gasteiger partial charge < -0.3 is 4.74 Å². The average Bonchev–Trinajstić information content (AvgIpc) is 3.35. The third-order valence-electron chi connectivity index (χ3n) is 7.25. The highest BCUT2D eigenvalue weighted by Crippen LogP contribution is 2.51. The number of rotatable bonds is 13. The van der Waals surface area contributed by atoms with Crippen LogP contribution in [0.3, 0.4) is 0 Å². The fourth-order valence-electron chi connectivity index (χ4n) is 5.85. The van der Waals surface area contributed by atoms with Crippen LogP contribution in [0.15, 0.2) is 0 Å². The van der Waals surface area contributed by atoms with Crippen molar-refractivity contribution in [2.75, 3.05) is 0 Å². The Bertz CT molecular complexity index is 405. The smallest absolute Gasteiger partial charge is 0.306 e. The first-order chi connectivity index (χ1) is 13.1. The van der Waals surface area contributed by atoms with Crippen LogP contribution in [0.4, 0.5) is 0 Å². The molecule has 0 amide bonds. The molecule has 158 valence electrons. The van der Waals surface area contributed by atoms with E-state index in [1.165, 1.54) is 70.6 Å². The van der Waals surface area contributed by atoms with Crippen molar-refractivity contribution in [1.29, 1.82) is 0 Å². The van der Waals surface area contributed by atoms with Crippen molar-refractivity contribution in [3.05, 3.63) is 0 Å². The number of alkyl halides is 1. The van der Waals surface area contributed by atoms with Crippen LogP contribution in [0.5, 0.6) is 0 Å². The van der Waals surface area contributed by atoms with Gasteiger partial charge in [-0.25, -0.2) is 0 Å². The number of unbranched alkanes of at least 4 members (excludes halogenated alkanes) is 2. The van der Waals surface area contributed by atoms with Crippen LogP contribution in [0.2, 0.25) is 0 Å². The van der Waals surface area contributed by atoms with E-state index in [-0.39, 0.29) is 16.4 Å². The van der Waals surface area contributed by atoms with Gasteiger partial charge in [0.05, 0.1) is 0 Å². The fourth-order valence-corrected chi connectivity index (χ4v) is 6.89. The number of ether oxygens (including phenoxy) is 1. The van der Waals surface area contributed by atoms with E-state index >= 15 is 0 Å². The van der Waals surface area contributed by atoms with E-state index in [1.807, 2.05) is 0 Å². The predicted molar refractivity (Wildman–Crippen MR) is 118 cm³/mol. The molecule has 2 saturated carbocycles. The van der Waals surface area contributed by atoms with Crippen LogP contribution in [-0.2, 0) is 9.53 Å². The van der Waals surface area contributed by atoms with Gasteiger partial charge in [0.2, 0.25) is 0 Å². The maximum absolute atomic E-state index is 12.5. The topological polar surface area (TPSA) is 26.3 Å². The quantitative estimate of drug-likeness (QED) is 0.163. The second-order valence-electron chi connectivity index (χ2n) is 9.27. The fraction of sp³-hybridized carbons (Fsp3) is 0.958. The van der Waals surface area contributed by atoms with Crippen molar-refractivity contribution in [3.8, 4) is 0 Å². The number of halogens is 1. The van der Waals surface area contributed by atoms with Crippen molar-refractivity contribution in [2.24, 2.45) is 17.3 Å². The lowest BCUT2D eigenvalue weighted by Gasteiger charge is -2.42. The summed E-state index contributed by atoms with van der Waals surface area (Å²) in [6, 6.07) is 0. The third kappa shape index (κ3) is 7.05. The molecule has 0 aromatic carbocycles. The normalized spacial score (nSPS) is 20.3. The monoisotopic (exact) mass is 442 g/mol. The zero-order chi connectivity index (χ0) is 19.5.